The second-order valence-electron chi connectivity index (χ2n) is 4.80. The van der Waals surface area contributed by atoms with Crippen LogP contribution in [0.15, 0.2) is 16.6 Å². The second kappa shape index (κ2) is 7.06. The number of methoxy groups -OCH3 is 2. The van der Waals surface area contributed by atoms with Gasteiger partial charge >= 0.3 is 5.97 Å². The van der Waals surface area contributed by atoms with Crippen LogP contribution in [0.2, 0.25) is 0 Å². The van der Waals surface area contributed by atoms with Crippen LogP contribution in [0.4, 0.5) is 8.78 Å². The van der Waals surface area contributed by atoms with E-state index in [0.717, 1.165) is 0 Å². The summed E-state index contributed by atoms with van der Waals surface area (Å²) in [5, 5.41) is 8.67. The summed E-state index contributed by atoms with van der Waals surface area (Å²) in [4.78, 5) is 10.6. The molecule has 1 atom stereocenters. The minimum atomic E-state index is -3.17. The molecule has 0 heterocycles. The summed E-state index contributed by atoms with van der Waals surface area (Å²) >= 11 is 3.10. The summed E-state index contributed by atoms with van der Waals surface area (Å²) in [6.45, 7) is 1.48. The lowest BCUT2D eigenvalue weighted by molar-refractivity contribution is -0.138. The average Bonchev–Trinajstić information content (AvgIpc) is 2.36. The maximum atomic E-state index is 14.4. The molecule has 0 aliphatic carbocycles. The fourth-order valence-electron chi connectivity index (χ4n) is 2.05. The molecule has 118 valence electrons. The molecular weight excluding hydrogens is 350 g/mol. The van der Waals surface area contributed by atoms with Crippen LogP contribution in [0.1, 0.15) is 25.3 Å². The van der Waals surface area contributed by atoms with Crippen molar-refractivity contribution in [2.45, 2.75) is 25.7 Å². The lowest BCUT2D eigenvalue weighted by atomic mass is 9.94. The van der Waals surface area contributed by atoms with Crippen LogP contribution in [0.25, 0.3) is 0 Å². The van der Waals surface area contributed by atoms with Crippen LogP contribution >= 0.6 is 15.9 Å². The zero-order valence-corrected chi connectivity index (χ0v) is 13.5. The first-order valence-electron chi connectivity index (χ1n) is 6.23. The molecule has 21 heavy (non-hydrogen) atoms. The molecule has 1 N–H and O–H groups in total. The third-order valence-corrected chi connectivity index (χ3v) is 3.65. The van der Waals surface area contributed by atoms with Crippen molar-refractivity contribution < 1.29 is 28.2 Å². The van der Waals surface area contributed by atoms with Crippen LogP contribution in [0.3, 0.4) is 0 Å². The minimum Gasteiger partial charge on any atom is -0.493 e. The lowest BCUT2D eigenvalue weighted by Gasteiger charge is -2.22. The van der Waals surface area contributed by atoms with E-state index in [9.17, 15) is 13.6 Å². The van der Waals surface area contributed by atoms with Crippen molar-refractivity contribution in [3.8, 4) is 11.5 Å². The number of hydrogen-bond acceptors (Lipinski definition) is 3. The van der Waals surface area contributed by atoms with E-state index in [-0.39, 0.29) is 22.2 Å². The Balaban J connectivity index is 3.09. The topological polar surface area (TPSA) is 55.8 Å². The van der Waals surface area contributed by atoms with E-state index in [1.807, 2.05) is 0 Å². The molecular formula is C14H17BrF2O4. The molecule has 0 saturated heterocycles. The summed E-state index contributed by atoms with van der Waals surface area (Å²) in [5.41, 5.74) is -0.252. The Morgan fingerprint density at radius 1 is 1.33 bits per heavy atom. The van der Waals surface area contributed by atoms with Gasteiger partial charge in [-0.15, -0.1) is 0 Å². The lowest BCUT2D eigenvalue weighted by Crippen LogP contribution is -2.20. The molecule has 0 bridgehead atoms. The molecule has 0 aromatic heterocycles. The molecule has 0 amide bonds. The normalized spacial score (nSPS) is 12.9. The largest absolute Gasteiger partial charge is 0.493 e. The van der Waals surface area contributed by atoms with Gasteiger partial charge in [-0.2, -0.15) is 0 Å². The molecule has 4 nitrogen and oxygen atoms in total. The standard InChI is InChI=1S/C14H17BrF2O4/c1-8(4-13(18)19)7-14(16,17)9-5-11(20-2)12(21-3)6-10(9)15/h5-6,8H,4,7H2,1-3H3,(H,18,19). The SMILES string of the molecule is COc1cc(Br)c(C(F)(F)CC(C)CC(=O)O)cc1OC. The molecule has 1 aromatic rings. The predicted molar refractivity (Wildman–Crippen MR) is 77.2 cm³/mol. The Labute approximate surface area is 130 Å². The van der Waals surface area contributed by atoms with Gasteiger partial charge in [0.25, 0.3) is 5.92 Å². The fraction of sp³-hybridized carbons (Fsp3) is 0.500. The zero-order chi connectivity index (χ0) is 16.2. The molecule has 0 aliphatic heterocycles. The second-order valence-corrected chi connectivity index (χ2v) is 5.65. The molecule has 1 aromatic carbocycles. The maximum Gasteiger partial charge on any atom is 0.303 e. The molecule has 0 fully saturated rings. The van der Waals surface area contributed by atoms with Gasteiger partial charge in [-0.1, -0.05) is 22.9 Å². The highest BCUT2D eigenvalue weighted by molar-refractivity contribution is 9.10. The summed E-state index contributed by atoms with van der Waals surface area (Å²) < 4.78 is 39.0. The molecule has 0 radical (unpaired) electrons. The third-order valence-electron chi connectivity index (χ3n) is 3.00. The highest BCUT2D eigenvalue weighted by atomic mass is 79.9. The van der Waals surface area contributed by atoms with E-state index in [4.69, 9.17) is 14.6 Å². The third kappa shape index (κ3) is 4.56. The highest BCUT2D eigenvalue weighted by Gasteiger charge is 2.36. The number of benzene rings is 1. The quantitative estimate of drug-likeness (QED) is 0.790. The summed E-state index contributed by atoms with van der Waals surface area (Å²) in [5.74, 6) is -4.39. The van der Waals surface area contributed by atoms with E-state index in [2.05, 4.69) is 15.9 Å². The van der Waals surface area contributed by atoms with Crippen molar-refractivity contribution in [3.05, 3.63) is 22.2 Å². The van der Waals surface area contributed by atoms with Crippen LogP contribution < -0.4 is 9.47 Å². The number of carboxylic acids is 1. The number of carbonyl (C=O) groups is 1. The number of alkyl halides is 2. The van der Waals surface area contributed by atoms with Gasteiger partial charge in [0.2, 0.25) is 0 Å². The molecule has 0 aliphatic rings. The Morgan fingerprint density at radius 2 is 1.86 bits per heavy atom. The zero-order valence-electron chi connectivity index (χ0n) is 12.0. The van der Waals surface area contributed by atoms with Gasteiger partial charge in [0.05, 0.1) is 14.2 Å². The predicted octanol–water partition coefficient (Wildman–Crippen LogP) is 4.06. The van der Waals surface area contributed by atoms with Gasteiger partial charge in [0.1, 0.15) is 0 Å². The van der Waals surface area contributed by atoms with E-state index in [1.165, 1.54) is 33.3 Å². The van der Waals surface area contributed by atoms with Crippen molar-refractivity contribution in [3.63, 3.8) is 0 Å². The van der Waals surface area contributed by atoms with E-state index >= 15 is 0 Å². The molecule has 7 heteroatoms. The number of hydrogen-bond donors (Lipinski definition) is 1. The van der Waals surface area contributed by atoms with Gasteiger partial charge in [-0.3, -0.25) is 4.79 Å². The molecule has 1 unspecified atom stereocenters. The summed E-state index contributed by atoms with van der Waals surface area (Å²) in [6, 6.07) is 2.61. The average molecular weight is 367 g/mol. The Bertz CT molecular complexity index is 520. The highest BCUT2D eigenvalue weighted by Crippen LogP contribution is 2.43. The van der Waals surface area contributed by atoms with Gasteiger partial charge in [0, 0.05) is 22.9 Å². The van der Waals surface area contributed by atoms with Crippen molar-refractivity contribution in [1.29, 1.82) is 0 Å². The summed E-state index contributed by atoms with van der Waals surface area (Å²) in [6.07, 6.45) is -0.867. The van der Waals surface area contributed by atoms with Crippen molar-refractivity contribution in [2.75, 3.05) is 14.2 Å². The monoisotopic (exact) mass is 366 g/mol. The first-order chi connectivity index (χ1) is 9.71. The van der Waals surface area contributed by atoms with Crippen LogP contribution in [-0.2, 0) is 10.7 Å². The number of carboxylic acid groups (broad SMARTS) is 1. The maximum absolute atomic E-state index is 14.4. The first-order valence-corrected chi connectivity index (χ1v) is 7.02. The van der Waals surface area contributed by atoms with Crippen molar-refractivity contribution >= 4 is 21.9 Å². The summed E-state index contributed by atoms with van der Waals surface area (Å²) in [7, 11) is 2.78. The molecule has 0 saturated carbocycles. The first kappa shape index (κ1) is 17.7. The fourth-order valence-corrected chi connectivity index (χ4v) is 2.66. The van der Waals surface area contributed by atoms with Crippen LogP contribution in [0, 0.1) is 5.92 Å². The number of aliphatic carboxylic acids is 1. The van der Waals surface area contributed by atoms with Gasteiger partial charge in [-0.05, 0) is 18.1 Å². The number of halogens is 3. The Morgan fingerprint density at radius 3 is 2.33 bits per heavy atom. The van der Waals surface area contributed by atoms with E-state index in [1.54, 1.807) is 0 Å². The van der Waals surface area contributed by atoms with Gasteiger partial charge < -0.3 is 14.6 Å². The van der Waals surface area contributed by atoms with Crippen LogP contribution in [0.5, 0.6) is 11.5 Å². The Kier molecular flexibility index (Phi) is 5.95. The van der Waals surface area contributed by atoms with Gasteiger partial charge in [-0.25, -0.2) is 8.78 Å². The Hall–Kier alpha value is -1.37. The number of ether oxygens (including phenoxy) is 2. The minimum absolute atomic E-state index is 0.188. The van der Waals surface area contributed by atoms with Crippen molar-refractivity contribution in [2.24, 2.45) is 5.92 Å². The molecule has 1 rings (SSSR count). The van der Waals surface area contributed by atoms with Gasteiger partial charge in [0.15, 0.2) is 11.5 Å². The van der Waals surface area contributed by atoms with E-state index in [0.29, 0.717) is 5.75 Å². The molecule has 0 spiro atoms. The van der Waals surface area contributed by atoms with Crippen LogP contribution in [-0.4, -0.2) is 25.3 Å². The smallest absolute Gasteiger partial charge is 0.303 e. The number of rotatable bonds is 7. The van der Waals surface area contributed by atoms with E-state index < -0.39 is 24.2 Å². The van der Waals surface area contributed by atoms with Crippen molar-refractivity contribution in [1.82, 2.24) is 0 Å².